The van der Waals surface area contributed by atoms with Crippen LogP contribution in [0.5, 0.6) is 0 Å². The third-order valence-electron chi connectivity index (χ3n) is 2.88. The van der Waals surface area contributed by atoms with Crippen LogP contribution in [0.2, 0.25) is 0 Å². The van der Waals surface area contributed by atoms with Gasteiger partial charge in [-0.05, 0) is 32.4 Å². The van der Waals surface area contributed by atoms with E-state index in [1.807, 2.05) is 0 Å². The van der Waals surface area contributed by atoms with Crippen molar-refractivity contribution in [1.29, 1.82) is 0 Å². The molecule has 0 spiro atoms. The van der Waals surface area contributed by atoms with E-state index >= 15 is 0 Å². The maximum Gasteiger partial charge on any atom is 0.317 e. The second kappa shape index (κ2) is 6.80. The molecule has 15 heavy (non-hydrogen) atoms. The Balaban J connectivity index is 2.19. The lowest BCUT2D eigenvalue weighted by Gasteiger charge is -2.32. The van der Waals surface area contributed by atoms with E-state index in [2.05, 4.69) is 17.1 Å². The minimum Gasteiger partial charge on any atom is -0.480 e. The van der Waals surface area contributed by atoms with Crippen LogP contribution in [0.15, 0.2) is 0 Å². The Labute approximate surface area is 91.6 Å². The normalized spacial score (nSPS) is 22.9. The number of rotatable bonds is 6. The van der Waals surface area contributed by atoms with Crippen molar-refractivity contribution in [2.75, 3.05) is 26.2 Å². The average Bonchev–Trinajstić information content (AvgIpc) is 2.24. The highest BCUT2D eigenvalue weighted by Crippen LogP contribution is 2.10. The number of carbonyl (C=O) groups is 1. The van der Waals surface area contributed by atoms with Gasteiger partial charge >= 0.3 is 5.97 Å². The van der Waals surface area contributed by atoms with E-state index in [-0.39, 0.29) is 6.54 Å². The lowest BCUT2D eigenvalue weighted by atomic mass is 10.1. The first-order valence-electron chi connectivity index (χ1n) is 5.90. The van der Waals surface area contributed by atoms with Crippen LogP contribution in [0.1, 0.15) is 32.6 Å². The summed E-state index contributed by atoms with van der Waals surface area (Å²) in [5, 5.41) is 11.7. The van der Waals surface area contributed by atoms with Gasteiger partial charge in [-0.15, -0.1) is 0 Å². The largest absolute Gasteiger partial charge is 0.480 e. The molecule has 0 saturated carbocycles. The standard InChI is InChI=1S/C11H22N2O2/c1-2-3-6-13-7-4-5-10(9-13)12-8-11(14)15/h10,12H,2-9H2,1H3,(H,14,15). The zero-order chi connectivity index (χ0) is 11.1. The molecule has 88 valence electrons. The van der Waals surface area contributed by atoms with Gasteiger partial charge in [-0.25, -0.2) is 0 Å². The summed E-state index contributed by atoms with van der Waals surface area (Å²) in [6.45, 7) is 5.62. The van der Waals surface area contributed by atoms with Gasteiger partial charge in [-0.2, -0.15) is 0 Å². The molecule has 0 radical (unpaired) electrons. The summed E-state index contributed by atoms with van der Waals surface area (Å²) in [5.41, 5.74) is 0. The molecule has 0 aromatic heterocycles. The highest BCUT2D eigenvalue weighted by molar-refractivity contribution is 5.69. The van der Waals surface area contributed by atoms with E-state index in [9.17, 15) is 4.79 Å². The Kier molecular flexibility index (Phi) is 5.65. The number of piperidine rings is 1. The molecule has 1 unspecified atom stereocenters. The van der Waals surface area contributed by atoms with Crippen LogP contribution in [0.25, 0.3) is 0 Å². The van der Waals surface area contributed by atoms with E-state index in [1.54, 1.807) is 0 Å². The van der Waals surface area contributed by atoms with Gasteiger partial charge in [0.25, 0.3) is 0 Å². The quantitative estimate of drug-likeness (QED) is 0.690. The number of unbranched alkanes of at least 4 members (excludes halogenated alkanes) is 1. The summed E-state index contributed by atoms with van der Waals surface area (Å²) < 4.78 is 0. The third kappa shape index (κ3) is 5.14. The lowest BCUT2D eigenvalue weighted by molar-refractivity contribution is -0.136. The summed E-state index contributed by atoms with van der Waals surface area (Å²) in [4.78, 5) is 12.9. The van der Waals surface area contributed by atoms with Crippen LogP contribution in [0.3, 0.4) is 0 Å². The summed E-state index contributed by atoms with van der Waals surface area (Å²) >= 11 is 0. The molecule has 0 aromatic rings. The first kappa shape index (κ1) is 12.5. The molecule has 1 heterocycles. The van der Waals surface area contributed by atoms with Crippen molar-refractivity contribution >= 4 is 5.97 Å². The Hall–Kier alpha value is -0.610. The van der Waals surface area contributed by atoms with Crippen LogP contribution >= 0.6 is 0 Å². The number of hydrogen-bond acceptors (Lipinski definition) is 3. The SMILES string of the molecule is CCCCN1CCCC(NCC(=O)O)C1. The number of nitrogens with zero attached hydrogens (tertiary/aromatic N) is 1. The van der Waals surface area contributed by atoms with Gasteiger partial charge in [0.05, 0.1) is 6.54 Å². The fourth-order valence-corrected chi connectivity index (χ4v) is 2.04. The van der Waals surface area contributed by atoms with Gasteiger partial charge in [0.1, 0.15) is 0 Å². The smallest absolute Gasteiger partial charge is 0.317 e. The molecule has 1 atom stereocenters. The molecule has 1 aliphatic rings. The van der Waals surface area contributed by atoms with Crippen molar-refractivity contribution in [3.05, 3.63) is 0 Å². The van der Waals surface area contributed by atoms with E-state index < -0.39 is 5.97 Å². The van der Waals surface area contributed by atoms with Crippen LogP contribution < -0.4 is 5.32 Å². The monoisotopic (exact) mass is 214 g/mol. The van der Waals surface area contributed by atoms with Gasteiger partial charge < -0.3 is 15.3 Å². The van der Waals surface area contributed by atoms with Crippen LogP contribution in [0, 0.1) is 0 Å². The number of carboxylic acid groups (broad SMARTS) is 1. The Morgan fingerprint density at radius 2 is 2.40 bits per heavy atom. The molecule has 2 N–H and O–H groups in total. The zero-order valence-corrected chi connectivity index (χ0v) is 9.54. The summed E-state index contributed by atoms with van der Waals surface area (Å²) in [6.07, 6.45) is 4.76. The van der Waals surface area contributed by atoms with Crippen LogP contribution in [-0.2, 0) is 4.79 Å². The second-order valence-electron chi connectivity index (χ2n) is 4.27. The predicted molar refractivity (Wildman–Crippen MR) is 60.0 cm³/mol. The highest BCUT2D eigenvalue weighted by Gasteiger charge is 2.19. The van der Waals surface area contributed by atoms with Gasteiger partial charge in [0, 0.05) is 12.6 Å². The topological polar surface area (TPSA) is 52.6 Å². The van der Waals surface area contributed by atoms with Crippen LogP contribution in [0.4, 0.5) is 0 Å². The molecule has 0 aromatic carbocycles. The molecule has 1 fully saturated rings. The van der Waals surface area contributed by atoms with Gasteiger partial charge in [-0.3, -0.25) is 4.79 Å². The molecular weight excluding hydrogens is 192 g/mol. The third-order valence-corrected chi connectivity index (χ3v) is 2.88. The Bertz CT molecular complexity index is 197. The fraction of sp³-hybridized carbons (Fsp3) is 0.909. The van der Waals surface area contributed by atoms with Crippen molar-refractivity contribution in [2.24, 2.45) is 0 Å². The van der Waals surface area contributed by atoms with Crippen LogP contribution in [-0.4, -0.2) is 48.2 Å². The zero-order valence-electron chi connectivity index (χ0n) is 9.54. The van der Waals surface area contributed by atoms with Crippen molar-refractivity contribution in [3.63, 3.8) is 0 Å². The van der Waals surface area contributed by atoms with Gasteiger partial charge in [0.15, 0.2) is 0 Å². The van der Waals surface area contributed by atoms with Gasteiger partial charge in [-0.1, -0.05) is 13.3 Å². The predicted octanol–water partition coefficient (Wildman–Crippen LogP) is 0.925. The minimum absolute atomic E-state index is 0.0896. The van der Waals surface area contributed by atoms with E-state index in [4.69, 9.17) is 5.11 Å². The molecule has 1 saturated heterocycles. The Morgan fingerprint density at radius 1 is 1.60 bits per heavy atom. The van der Waals surface area contributed by atoms with Crippen molar-refractivity contribution in [1.82, 2.24) is 10.2 Å². The van der Waals surface area contributed by atoms with Gasteiger partial charge in [0.2, 0.25) is 0 Å². The highest BCUT2D eigenvalue weighted by atomic mass is 16.4. The summed E-state index contributed by atoms with van der Waals surface area (Å²) in [5.74, 6) is -0.763. The maximum atomic E-state index is 10.4. The first-order chi connectivity index (χ1) is 7.22. The molecule has 0 bridgehead atoms. The molecular formula is C11H22N2O2. The average molecular weight is 214 g/mol. The summed E-state index contributed by atoms with van der Waals surface area (Å²) in [7, 11) is 0. The summed E-state index contributed by atoms with van der Waals surface area (Å²) in [6, 6.07) is 0.367. The number of aliphatic carboxylic acids is 1. The molecule has 0 aliphatic carbocycles. The van der Waals surface area contributed by atoms with E-state index in [0.717, 1.165) is 19.5 Å². The fourth-order valence-electron chi connectivity index (χ4n) is 2.04. The van der Waals surface area contributed by atoms with E-state index in [0.29, 0.717) is 6.04 Å². The number of likely N-dealkylation sites (tertiary alicyclic amines) is 1. The lowest BCUT2D eigenvalue weighted by Crippen LogP contribution is -2.47. The maximum absolute atomic E-state index is 10.4. The number of carboxylic acids is 1. The minimum atomic E-state index is -0.763. The Morgan fingerprint density at radius 3 is 3.07 bits per heavy atom. The number of hydrogen-bond donors (Lipinski definition) is 2. The molecule has 1 aliphatic heterocycles. The first-order valence-corrected chi connectivity index (χ1v) is 5.90. The van der Waals surface area contributed by atoms with Crippen molar-refractivity contribution in [2.45, 2.75) is 38.6 Å². The second-order valence-corrected chi connectivity index (χ2v) is 4.27. The molecule has 1 rings (SSSR count). The van der Waals surface area contributed by atoms with Crippen molar-refractivity contribution in [3.8, 4) is 0 Å². The van der Waals surface area contributed by atoms with Crippen molar-refractivity contribution < 1.29 is 9.90 Å². The molecule has 0 amide bonds. The molecule has 4 nitrogen and oxygen atoms in total. The molecule has 4 heteroatoms. The van der Waals surface area contributed by atoms with E-state index in [1.165, 1.54) is 25.8 Å². The number of nitrogens with one attached hydrogen (secondary N) is 1.